The Labute approximate surface area is 106 Å². The first-order chi connectivity index (χ1) is 7.49. The molecule has 0 bridgehead atoms. The second-order valence-corrected chi connectivity index (χ2v) is 4.89. The minimum Gasteiger partial charge on any atom is -0.211 e. The van der Waals surface area contributed by atoms with Crippen LogP contribution in [0.2, 0.25) is 0 Å². The average molecular weight is 277 g/mol. The quantitative estimate of drug-likeness (QED) is 0.472. The van der Waals surface area contributed by atoms with E-state index in [0.29, 0.717) is 0 Å². The van der Waals surface area contributed by atoms with Gasteiger partial charge in [-0.25, -0.2) is 9.59 Å². The van der Waals surface area contributed by atoms with E-state index >= 15 is 0 Å². The van der Waals surface area contributed by atoms with Crippen LogP contribution >= 0.6 is 34.8 Å². The molecule has 1 rings (SSSR count). The van der Waals surface area contributed by atoms with Gasteiger partial charge in [0.1, 0.15) is 0 Å². The first-order valence-corrected chi connectivity index (χ1v) is 4.99. The van der Waals surface area contributed by atoms with Gasteiger partial charge in [-0.2, -0.15) is 9.98 Å². The van der Waals surface area contributed by atoms with Gasteiger partial charge >= 0.3 is 0 Å². The Bertz CT molecular complexity index is 498. The van der Waals surface area contributed by atoms with Crippen molar-refractivity contribution in [1.82, 2.24) is 0 Å². The summed E-state index contributed by atoms with van der Waals surface area (Å²) in [6, 6.07) is 4.15. The highest BCUT2D eigenvalue weighted by Gasteiger charge is 2.26. The van der Waals surface area contributed by atoms with Crippen LogP contribution in [0, 0.1) is 0 Å². The number of carbonyl (C=O) groups excluding carboxylic acids is 2. The molecule has 7 heteroatoms. The molecule has 0 aromatic heterocycles. The van der Waals surface area contributed by atoms with Crippen molar-refractivity contribution in [2.75, 3.05) is 0 Å². The van der Waals surface area contributed by atoms with Gasteiger partial charge < -0.3 is 0 Å². The fraction of sp³-hybridized carbons (Fsp3) is 0.111. The Morgan fingerprint density at radius 3 is 2.19 bits per heavy atom. The molecule has 1 aromatic rings. The van der Waals surface area contributed by atoms with Crippen LogP contribution in [0.4, 0.5) is 11.4 Å². The van der Waals surface area contributed by atoms with Crippen molar-refractivity contribution < 1.29 is 9.59 Å². The predicted molar refractivity (Wildman–Crippen MR) is 61.2 cm³/mol. The van der Waals surface area contributed by atoms with Crippen molar-refractivity contribution in [3.05, 3.63) is 23.8 Å². The van der Waals surface area contributed by atoms with Crippen LogP contribution in [0.15, 0.2) is 28.2 Å². The van der Waals surface area contributed by atoms with E-state index in [1.54, 1.807) is 0 Å². The second kappa shape index (κ2) is 5.26. The van der Waals surface area contributed by atoms with E-state index in [2.05, 4.69) is 9.98 Å². The van der Waals surface area contributed by atoms with Gasteiger partial charge in [0, 0.05) is 5.56 Å². The molecule has 0 aliphatic heterocycles. The van der Waals surface area contributed by atoms with Crippen LogP contribution in [-0.2, 0) is 13.4 Å². The van der Waals surface area contributed by atoms with Crippen molar-refractivity contribution in [3.8, 4) is 0 Å². The lowest BCUT2D eigenvalue weighted by Crippen LogP contribution is -1.99. The predicted octanol–water partition coefficient (Wildman–Crippen LogP) is 3.45. The molecule has 0 saturated heterocycles. The molecule has 4 nitrogen and oxygen atoms in total. The summed E-state index contributed by atoms with van der Waals surface area (Å²) >= 11 is 17.0. The number of rotatable bonds is 2. The lowest BCUT2D eigenvalue weighted by Gasteiger charge is -2.13. The first-order valence-electron chi connectivity index (χ1n) is 3.86. The molecular weight excluding hydrogens is 274 g/mol. The molecule has 16 heavy (non-hydrogen) atoms. The van der Waals surface area contributed by atoms with E-state index in [-0.39, 0.29) is 16.9 Å². The highest BCUT2D eigenvalue weighted by Crippen LogP contribution is 2.43. The van der Waals surface area contributed by atoms with E-state index in [0.717, 1.165) is 0 Å². The molecule has 0 aliphatic rings. The number of nitrogens with zero attached hydrogens (tertiary/aromatic N) is 2. The van der Waals surface area contributed by atoms with Gasteiger partial charge in [-0.1, -0.05) is 40.9 Å². The molecular formula is C9H3Cl3N2O2. The molecule has 82 valence electrons. The zero-order chi connectivity index (χ0) is 12.2. The number of hydrogen-bond acceptors (Lipinski definition) is 4. The lowest BCUT2D eigenvalue weighted by atomic mass is 10.2. The molecule has 0 saturated carbocycles. The minimum atomic E-state index is -1.72. The highest BCUT2D eigenvalue weighted by atomic mass is 35.6. The minimum absolute atomic E-state index is 0.0894. The van der Waals surface area contributed by atoms with Gasteiger partial charge in [0.25, 0.3) is 0 Å². The Hall–Kier alpha value is -1.15. The van der Waals surface area contributed by atoms with E-state index < -0.39 is 3.79 Å². The molecule has 0 atom stereocenters. The number of isocyanates is 2. The van der Waals surface area contributed by atoms with Crippen LogP contribution in [0.3, 0.4) is 0 Å². The summed E-state index contributed by atoms with van der Waals surface area (Å²) in [7, 11) is 0. The number of alkyl halides is 3. The van der Waals surface area contributed by atoms with Crippen molar-refractivity contribution >= 4 is 58.3 Å². The molecule has 0 amide bonds. The summed E-state index contributed by atoms with van der Waals surface area (Å²) in [5.74, 6) is 0. The summed E-state index contributed by atoms with van der Waals surface area (Å²) in [6.07, 6.45) is 2.67. The third kappa shape index (κ3) is 3.17. The average Bonchev–Trinajstić information content (AvgIpc) is 2.17. The zero-order valence-electron chi connectivity index (χ0n) is 7.58. The van der Waals surface area contributed by atoms with Crippen LogP contribution in [0.5, 0.6) is 0 Å². The zero-order valence-corrected chi connectivity index (χ0v) is 9.84. The molecule has 0 spiro atoms. The van der Waals surface area contributed by atoms with Gasteiger partial charge in [0.15, 0.2) is 0 Å². The van der Waals surface area contributed by atoms with Crippen LogP contribution in [-0.4, -0.2) is 12.2 Å². The second-order valence-electron chi connectivity index (χ2n) is 2.61. The smallest absolute Gasteiger partial charge is 0.211 e. The maximum absolute atomic E-state index is 10.2. The summed E-state index contributed by atoms with van der Waals surface area (Å²) in [4.78, 5) is 27.0. The van der Waals surface area contributed by atoms with Crippen LogP contribution in [0.25, 0.3) is 0 Å². The molecule has 0 radical (unpaired) electrons. The summed E-state index contributed by atoms with van der Waals surface area (Å²) in [5.41, 5.74) is 0.541. The molecule has 0 fully saturated rings. The molecule has 0 unspecified atom stereocenters. The maximum Gasteiger partial charge on any atom is 0.240 e. The van der Waals surface area contributed by atoms with E-state index in [4.69, 9.17) is 34.8 Å². The third-order valence-corrected chi connectivity index (χ3v) is 2.24. The van der Waals surface area contributed by atoms with Crippen molar-refractivity contribution in [1.29, 1.82) is 0 Å². The molecule has 1 aromatic carbocycles. The Morgan fingerprint density at radius 2 is 1.69 bits per heavy atom. The number of halogens is 3. The van der Waals surface area contributed by atoms with Gasteiger partial charge in [0.05, 0.1) is 11.4 Å². The Morgan fingerprint density at radius 1 is 1.06 bits per heavy atom. The number of hydrogen-bond donors (Lipinski definition) is 0. The van der Waals surface area contributed by atoms with Gasteiger partial charge in [-0.05, 0) is 12.1 Å². The number of aliphatic imine (C=N–C) groups is 2. The summed E-state index contributed by atoms with van der Waals surface area (Å²) in [5, 5.41) is 0. The number of benzene rings is 1. The highest BCUT2D eigenvalue weighted by molar-refractivity contribution is 6.67. The van der Waals surface area contributed by atoms with Crippen molar-refractivity contribution in [2.45, 2.75) is 3.79 Å². The lowest BCUT2D eigenvalue weighted by molar-refractivity contribution is 0.565. The van der Waals surface area contributed by atoms with Crippen LogP contribution in [0.1, 0.15) is 5.56 Å². The van der Waals surface area contributed by atoms with E-state index in [1.807, 2.05) is 0 Å². The fourth-order valence-corrected chi connectivity index (χ4v) is 1.50. The Kier molecular flexibility index (Phi) is 4.25. The van der Waals surface area contributed by atoms with Crippen molar-refractivity contribution in [3.63, 3.8) is 0 Å². The largest absolute Gasteiger partial charge is 0.240 e. The van der Waals surface area contributed by atoms with Gasteiger partial charge in [-0.3, -0.25) is 0 Å². The summed E-state index contributed by atoms with van der Waals surface area (Å²) < 4.78 is -1.72. The molecule has 0 aliphatic carbocycles. The maximum atomic E-state index is 10.2. The van der Waals surface area contributed by atoms with Gasteiger partial charge in [0.2, 0.25) is 16.0 Å². The van der Waals surface area contributed by atoms with Gasteiger partial charge in [-0.15, -0.1) is 0 Å². The first kappa shape index (κ1) is 12.9. The molecule has 0 N–H and O–H groups in total. The third-order valence-electron chi connectivity index (χ3n) is 1.63. The topological polar surface area (TPSA) is 58.9 Å². The van der Waals surface area contributed by atoms with Crippen LogP contribution < -0.4 is 0 Å². The SMILES string of the molecule is O=C=Nc1ccc(C(Cl)(Cl)Cl)c(N=C=O)c1. The fourth-order valence-electron chi connectivity index (χ4n) is 1.02. The van der Waals surface area contributed by atoms with E-state index in [9.17, 15) is 9.59 Å². The normalized spacial score (nSPS) is 10.2. The monoisotopic (exact) mass is 276 g/mol. The Balaban J connectivity index is 3.41. The van der Waals surface area contributed by atoms with Crippen molar-refractivity contribution in [2.24, 2.45) is 9.98 Å². The standard InChI is InChI=1S/C9H3Cl3N2O2/c10-9(11,12)7-2-1-6(13-4-15)3-8(7)14-5-16/h1-3H. The summed E-state index contributed by atoms with van der Waals surface area (Å²) in [6.45, 7) is 0. The molecule has 0 heterocycles. The van der Waals surface area contributed by atoms with E-state index in [1.165, 1.54) is 30.4 Å².